The molecule has 0 aliphatic heterocycles. The quantitative estimate of drug-likeness (QED) is 0.551. The van der Waals surface area contributed by atoms with Crippen molar-refractivity contribution in [3.63, 3.8) is 0 Å². The van der Waals surface area contributed by atoms with Gasteiger partial charge in [0.2, 0.25) is 0 Å². The van der Waals surface area contributed by atoms with E-state index < -0.39 is 18.4 Å². The Morgan fingerprint density at radius 3 is 2.69 bits per heavy atom. The highest BCUT2D eigenvalue weighted by Gasteiger charge is 2.35. The van der Waals surface area contributed by atoms with Crippen LogP contribution in [-0.2, 0) is 9.53 Å². The maximum absolute atomic E-state index is 12.5. The molecule has 0 unspecified atom stereocenters. The standard InChI is InChI=1S/C7H14F2N2O2/c1-13-4-2-3-11-5-7(8,9)6(10)12/h11H,2-5H2,1H3,(H2,10,12). The molecular weight excluding hydrogens is 182 g/mol. The van der Waals surface area contributed by atoms with Crippen LogP contribution < -0.4 is 11.1 Å². The van der Waals surface area contributed by atoms with Crippen molar-refractivity contribution in [2.45, 2.75) is 12.3 Å². The van der Waals surface area contributed by atoms with Crippen LogP contribution in [0.15, 0.2) is 0 Å². The van der Waals surface area contributed by atoms with Crippen LogP contribution in [0.5, 0.6) is 0 Å². The van der Waals surface area contributed by atoms with E-state index in [0.717, 1.165) is 0 Å². The zero-order valence-electron chi connectivity index (χ0n) is 7.48. The Kier molecular flexibility index (Phi) is 5.48. The van der Waals surface area contributed by atoms with Crippen molar-refractivity contribution in [3.05, 3.63) is 0 Å². The van der Waals surface area contributed by atoms with Crippen LogP contribution in [0, 0.1) is 0 Å². The maximum Gasteiger partial charge on any atom is 0.336 e. The SMILES string of the molecule is COCCCNCC(F)(F)C(N)=O. The molecule has 0 spiro atoms. The Hall–Kier alpha value is -0.750. The summed E-state index contributed by atoms with van der Waals surface area (Å²) >= 11 is 0. The van der Waals surface area contributed by atoms with E-state index in [-0.39, 0.29) is 0 Å². The number of hydrogen-bond donors (Lipinski definition) is 2. The molecule has 0 aromatic carbocycles. The number of nitrogens with two attached hydrogens (primary N) is 1. The summed E-state index contributed by atoms with van der Waals surface area (Å²) in [5.41, 5.74) is 4.46. The van der Waals surface area contributed by atoms with Gasteiger partial charge in [-0.15, -0.1) is 0 Å². The Morgan fingerprint density at radius 2 is 2.23 bits per heavy atom. The van der Waals surface area contributed by atoms with E-state index in [4.69, 9.17) is 4.74 Å². The van der Waals surface area contributed by atoms with Gasteiger partial charge >= 0.3 is 5.92 Å². The second-order valence-corrected chi connectivity index (χ2v) is 2.59. The van der Waals surface area contributed by atoms with Crippen LogP contribution in [0.25, 0.3) is 0 Å². The maximum atomic E-state index is 12.5. The minimum absolute atomic E-state index is 0.372. The number of primary amides is 1. The van der Waals surface area contributed by atoms with Crippen LogP contribution in [0.3, 0.4) is 0 Å². The van der Waals surface area contributed by atoms with Crippen molar-refractivity contribution in [3.8, 4) is 0 Å². The molecule has 4 nitrogen and oxygen atoms in total. The second kappa shape index (κ2) is 5.82. The normalized spacial score (nSPS) is 11.6. The van der Waals surface area contributed by atoms with Gasteiger partial charge in [-0.2, -0.15) is 8.78 Å². The number of amides is 1. The van der Waals surface area contributed by atoms with E-state index >= 15 is 0 Å². The fourth-order valence-electron chi connectivity index (χ4n) is 0.674. The number of halogens is 2. The van der Waals surface area contributed by atoms with Crippen LogP contribution in [0.2, 0.25) is 0 Å². The van der Waals surface area contributed by atoms with Gasteiger partial charge in [0.1, 0.15) is 0 Å². The lowest BCUT2D eigenvalue weighted by molar-refractivity contribution is -0.141. The molecule has 3 N–H and O–H groups in total. The summed E-state index contributed by atoms with van der Waals surface area (Å²) in [4.78, 5) is 10.1. The van der Waals surface area contributed by atoms with Crippen LogP contribution in [-0.4, -0.2) is 38.6 Å². The number of hydrogen-bond acceptors (Lipinski definition) is 3. The fraction of sp³-hybridized carbons (Fsp3) is 0.857. The van der Waals surface area contributed by atoms with E-state index in [9.17, 15) is 13.6 Å². The van der Waals surface area contributed by atoms with Gasteiger partial charge in [0.05, 0.1) is 6.54 Å². The average Bonchev–Trinajstić information content (AvgIpc) is 2.03. The molecule has 0 aromatic heterocycles. The highest BCUT2D eigenvalue weighted by Crippen LogP contribution is 2.09. The molecule has 0 saturated carbocycles. The Morgan fingerprint density at radius 1 is 1.62 bits per heavy atom. The smallest absolute Gasteiger partial charge is 0.336 e. The van der Waals surface area contributed by atoms with E-state index in [1.807, 2.05) is 0 Å². The number of rotatable bonds is 7. The molecule has 0 aromatic rings. The number of carbonyl (C=O) groups excluding carboxylic acids is 1. The Balaban J connectivity index is 3.46. The molecule has 0 radical (unpaired) electrons. The number of ether oxygens (including phenoxy) is 1. The van der Waals surface area contributed by atoms with Gasteiger partial charge in [-0.05, 0) is 13.0 Å². The lowest BCUT2D eigenvalue weighted by Gasteiger charge is -2.12. The van der Waals surface area contributed by atoms with Crippen LogP contribution >= 0.6 is 0 Å². The van der Waals surface area contributed by atoms with Gasteiger partial charge in [-0.25, -0.2) is 0 Å². The van der Waals surface area contributed by atoms with Gasteiger partial charge in [-0.1, -0.05) is 0 Å². The molecule has 0 heterocycles. The van der Waals surface area contributed by atoms with Crippen molar-refractivity contribution < 1.29 is 18.3 Å². The minimum Gasteiger partial charge on any atom is -0.385 e. The first kappa shape index (κ1) is 12.2. The van der Waals surface area contributed by atoms with Crippen molar-refractivity contribution in [1.82, 2.24) is 5.32 Å². The molecule has 0 saturated heterocycles. The third-order valence-corrected chi connectivity index (χ3v) is 1.41. The van der Waals surface area contributed by atoms with Gasteiger partial charge in [0, 0.05) is 13.7 Å². The van der Waals surface area contributed by atoms with Crippen molar-refractivity contribution in [1.29, 1.82) is 0 Å². The van der Waals surface area contributed by atoms with Gasteiger partial charge < -0.3 is 15.8 Å². The molecular formula is C7H14F2N2O2. The minimum atomic E-state index is -3.47. The van der Waals surface area contributed by atoms with Gasteiger partial charge in [0.15, 0.2) is 0 Å². The Bertz CT molecular complexity index is 165. The molecule has 0 atom stereocenters. The third kappa shape index (κ3) is 5.48. The number of carbonyl (C=O) groups is 1. The number of methoxy groups -OCH3 is 1. The highest BCUT2D eigenvalue weighted by atomic mass is 19.3. The summed E-state index contributed by atoms with van der Waals surface area (Å²) in [7, 11) is 1.53. The van der Waals surface area contributed by atoms with E-state index in [0.29, 0.717) is 19.6 Å². The predicted octanol–water partition coefficient (Wildman–Crippen LogP) is -0.267. The molecule has 0 bridgehead atoms. The first-order valence-electron chi connectivity index (χ1n) is 3.88. The summed E-state index contributed by atoms with van der Waals surface area (Å²) in [6, 6.07) is 0. The molecule has 0 aliphatic rings. The monoisotopic (exact) mass is 196 g/mol. The molecule has 13 heavy (non-hydrogen) atoms. The van der Waals surface area contributed by atoms with Gasteiger partial charge in [0.25, 0.3) is 5.91 Å². The van der Waals surface area contributed by atoms with E-state index in [2.05, 4.69) is 11.1 Å². The van der Waals surface area contributed by atoms with E-state index in [1.54, 1.807) is 0 Å². The summed E-state index contributed by atoms with van der Waals surface area (Å²) in [6.07, 6.45) is 0.616. The third-order valence-electron chi connectivity index (χ3n) is 1.41. The van der Waals surface area contributed by atoms with E-state index in [1.165, 1.54) is 7.11 Å². The topological polar surface area (TPSA) is 64.3 Å². The number of alkyl halides is 2. The fourth-order valence-corrected chi connectivity index (χ4v) is 0.674. The lowest BCUT2D eigenvalue weighted by atomic mass is 10.3. The van der Waals surface area contributed by atoms with Crippen LogP contribution in [0.4, 0.5) is 8.78 Å². The summed E-state index contributed by atoms with van der Waals surface area (Å²) in [6.45, 7) is 0.151. The zero-order valence-corrected chi connectivity index (χ0v) is 7.48. The summed E-state index contributed by atoms with van der Waals surface area (Å²) < 4.78 is 29.7. The molecule has 0 rings (SSSR count). The zero-order chi connectivity index (χ0) is 10.3. The molecule has 6 heteroatoms. The number of nitrogens with one attached hydrogen (secondary N) is 1. The molecule has 0 aliphatic carbocycles. The summed E-state index contributed by atoms with van der Waals surface area (Å²) in [5, 5.41) is 2.41. The second-order valence-electron chi connectivity index (χ2n) is 2.59. The van der Waals surface area contributed by atoms with Crippen molar-refractivity contribution >= 4 is 5.91 Å². The highest BCUT2D eigenvalue weighted by molar-refractivity contribution is 5.81. The van der Waals surface area contributed by atoms with Crippen LogP contribution in [0.1, 0.15) is 6.42 Å². The largest absolute Gasteiger partial charge is 0.385 e. The first-order valence-corrected chi connectivity index (χ1v) is 3.88. The Labute approximate surface area is 75.4 Å². The van der Waals surface area contributed by atoms with Crippen molar-refractivity contribution in [2.75, 3.05) is 26.8 Å². The predicted molar refractivity (Wildman–Crippen MR) is 43.5 cm³/mol. The first-order chi connectivity index (χ1) is 6.00. The molecule has 1 amide bonds. The lowest BCUT2D eigenvalue weighted by Crippen LogP contribution is -2.44. The van der Waals surface area contributed by atoms with Crippen molar-refractivity contribution in [2.24, 2.45) is 5.73 Å². The average molecular weight is 196 g/mol. The summed E-state index contributed by atoms with van der Waals surface area (Å²) in [5.74, 6) is -5.07. The molecule has 0 fully saturated rings. The molecule has 78 valence electrons. The van der Waals surface area contributed by atoms with Gasteiger partial charge in [-0.3, -0.25) is 4.79 Å².